The van der Waals surface area contributed by atoms with Crippen LogP contribution in [0.4, 0.5) is 87.8 Å². The molecule has 0 heterocycles. The number of carbonyl (C=O) groups excluding carboxylic acids is 2. The Balaban J connectivity index is 0.000000325. The van der Waals surface area contributed by atoms with Crippen LogP contribution in [-0.4, -0.2) is 62.4 Å². The summed E-state index contributed by atoms with van der Waals surface area (Å²) in [6.07, 6.45) is 39.6. The van der Waals surface area contributed by atoms with Gasteiger partial charge in [-0.05, 0) is 209 Å². The molecule has 5 nitrogen and oxygen atoms in total. The summed E-state index contributed by atoms with van der Waals surface area (Å²) in [5.41, 5.74) is -7.48. The average Bonchev–Trinajstić information content (AvgIpc) is 0.683. The Morgan fingerprint density at radius 1 is 0.301 bits per heavy atom. The second-order valence-electron chi connectivity index (χ2n) is 29.8. The molecule has 0 unspecified atom stereocenters. The van der Waals surface area contributed by atoms with Crippen LogP contribution in [0.2, 0.25) is 0 Å². The number of carboxylic acids is 2. The molecule has 0 saturated heterocycles. The van der Waals surface area contributed by atoms with E-state index in [2.05, 4.69) is 41.5 Å². The molecule has 0 radical (unpaired) electrons. The van der Waals surface area contributed by atoms with Crippen molar-refractivity contribution >= 4 is 54.5 Å². The van der Waals surface area contributed by atoms with E-state index in [9.17, 15) is 52.7 Å². The molecule has 4 aromatic rings. The zero-order valence-electron chi connectivity index (χ0n) is 59.6. The van der Waals surface area contributed by atoms with Gasteiger partial charge >= 0.3 is 20.4 Å². The molecule has 0 aromatic heterocycles. The molecule has 0 bridgehead atoms. The Morgan fingerprint density at radius 3 is 0.495 bits per heavy atom. The van der Waals surface area contributed by atoms with Crippen molar-refractivity contribution in [2.75, 3.05) is 0 Å². The fraction of sp³-hybridized carbons (Fsp3) is 0.635. The molecule has 0 amide bonds. The molecule has 0 spiro atoms. The van der Waals surface area contributed by atoms with E-state index < -0.39 is 171 Å². The number of rotatable bonds is 10. The second kappa shape index (κ2) is 39.0. The standard InChI is InChI=1S/C24BF20.2C22H42P.C2H3N.2C2H4O2.Pd/c26-5-1(6(27)14(35)21(42)13(5)34)25(2-7(28)15(36)22(43)16(37)8(2)29,3-9(30)17(38)23(44)18(39)10(3)31)4-11(32)19(40)24(45)20(41)12(4)33;2*1-22(2,3)23(19-13-7-4-8-14-19,20-15-9-5-10-16-20)21-17-11-6-12-18-21;1-2-3;2*1-2(3)4;/h;2*19-21H,4-18H2,1-3H3;1H3;2*1H3,(H,3,4);/q-1;2*+1;;;;+2/p-2. The van der Waals surface area contributed by atoms with Gasteiger partial charge in [0.15, 0.2) is 69.8 Å². The maximum absolute atomic E-state index is 15.4. The molecule has 29 heteroatoms. The number of halogens is 20. The molecule has 0 aliphatic heterocycles. The number of carboxylic acid groups (broad SMARTS) is 2. The molecule has 10 rings (SSSR count). The summed E-state index contributed by atoms with van der Waals surface area (Å²) in [6.45, 7) is 19.4. The van der Waals surface area contributed by atoms with E-state index in [0.717, 1.165) is 47.8 Å². The van der Waals surface area contributed by atoms with Crippen molar-refractivity contribution in [1.29, 1.82) is 5.26 Å². The van der Waals surface area contributed by atoms with E-state index in [1.54, 1.807) is 160 Å². The van der Waals surface area contributed by atoms with Crippen LogP contribution in [0, 0.1) is 128 Å². The molecular formula is C74H93BF20NO4P2Pd+. The summed E-state index contributed by atoms with van der Waals surface area (Å²) in [5.74, 6) is -73.6. The van der Waals surface area contributed by atoms with E-state index in [-0.39, 0.29) is 20.4 Å². The smallest absolute Gasteiger partial charge is 0.550 e. The van der Waals surface area contributed by atoms with Crippen LogP contribution in [0.15, 0.2) is 0 Å². The third kappa shape index (κ3) is 18.8. The van der Waals surface area contributed by atoms with E-state index in [1.807, 2.05) is 0 Å². The van der Waals surface area contributed by atoms with Gasteiger partial charge < -0.3 is 19.8 Å². The minimum absolute atomic E-state index is 0. The van der Waals surface area contributed by atoms with Crippen molar-refractivity contribution in [3.8, 4) is 6.07 Å². The first-order chi connectivity index (χ1) is 47.7. The number of hydrogen-bond acceptors (Lipinski definition) is 5. The molecule has 4 aromatic carbocycles. The van der Waals surface area contributed by atoms with Gasteiger partial charge in [-0.25, -0.2) is 87.8 Å². The van der Waals surface area contributed by atoms with Crippen molar-refractivity contribution < 1.29 is 128 Å². The van der Waals surface area contributed by atoms with Crippen LogP contribution in [-0.2, 0) is 30.0 Å². The Morgan fingerprint density at radius 2 is 0.398 bits per heavy atom. The van der Waals surface area contributed by atoms with Crippen LogP contribution < -0.4 is 32.1 Å². The fourth-order valence-electron chi connectivity index (χ4n) is 19.0. The van der Waals surface area contributed by atoms with Crippen LogP contribution in [0.25, 0.3) is 0 Å². The van der Waals surface area contributed by atoms with E-state index in [1.165, 1.54) is 45.4 Å². The summed E-state index contributed by atoms with van der Waals surface area (Å²) >= 11 is 0. The van der Waals surface area contributed by atoms with Gasteiger partial charge in [-0.15, -0.1) is 21.9 Å². The molecular weight excluding hydrogens is 1530 g/mol. The first-order valence-electron chi connectivity index (χ1n) is 35.4. The van der Waals surface area contributed by atoms with Crippen molar-refractivity contribution in [3.05, 3.63) is 116 Å². The predicted molar refractivity (Wildman–Crippen MR) is 356 cm³/mol. The van der Waals surface area contributed by atoms with Gasteiger partial charge in [-0.3, -0.25) is 0 Å². The molecule has 6 fully saturated rings. The number of hydrogen-bond donors (Lipinski definition) is 0. The monoisotopic (exact) mass is 1620 g/mol. The Hall–Kier alpha value is -4.50. The van der Waals surface area contributed by atoms with Gasteiger partial charge in [0.1, 0.15) is 52.7 Å². The summed E-state index contributed by atoms with van der Waals surface area (Å²) < 4.78 is 294. The number of nitrogens with zero attached hydrogens (tertiary/aromatic N) is 1. The Labute approximate surface area is 606 Å². The van der Waals surface area contributed by atoms with Crippen molar-refractivity contribution in [1.82, 2.24) is 0 Å². The predicted octanol–water partition coefficient (Wildman–Crippen LogP) is 19.5. The summed E-state index contributed by atoms with van der Waals surface area (Å²) in [5, 5.41) is 26.3. The molecule has 0 N–H and O–H groups in total. The maximum Gasteiger partial charge on any atom is 2.00 e. The zero-order valence-corrected chi connectivity index (χ0v) is 62.9. The second-order valence-corrected chi connectivity index (χ2v) is 40.2. The van der Waals surface area contributed by atoms with Gasteiger partial charge in [-0.1, -0.05) is 38.5 Å². The number of aliphatic carboxylic acids is 2. The van der Waals surface area contributed by atoms with Gasteiger partial charge in [0, 0.05) is 33.4 Å². The minimum atomic E-state index is -7.22. The van der Waals surface area contributed by atoms with Gasteiger partial charge in [0.25, 0.3) is 0 Å². The fourth-order valence-corrected chi connectivity index (χ4v) is 36.5. The van der Waals surface area contributed by atoms with Gasteiger partial charge in [-0.2, -0.15) is 5.26 Å². The first-order valence-corrected chi connectivity index (χ1v) is 39.4. The molecule has 6 aliphatic rings. The molecule has 6 aliphatic carbocycles. The number of nitriles is 1. The third-order valence-electron chi connectivity index (χ3n) is 22.1. The molecule has 0 atom stereocenters. The van der Waals surface area contributed by atoms with Crippen molar-refractivity contribution in [2.24, 2.45) is 0 Å². The van der Waals surface area contributed by atoms with Crippen molar-refractivity contribution in [3.63, 3.8) is 0 Å². The summed E-state index contributed by atoms with van der Waals surface area (Å²) in [6, 6.07) is 1.75. The van der Waals surface area contributed by atoms with Gasteiger partial charge in [0.05, 0.1) is 50.3 Å². The quantitative estimate of drug-likeness (QED) is 0.0517. The topological polar surface area (TPSA) is 104 Å². The third-order valence-corrected chi connectivity index (χ3v) is 37.1. The number of benzene rings is 4. The SMILES string of the molecule is CC#N.CC(=O)[O-].CC(=O)[O-].CC(C)(C)[P+](C1CCCCC1)(C1CCCCC1)C1CCCCC1.CC(C)(C)[P+](C1CCCCC1)(C1CCCCC1)C1CCCCC1.Fc1c(F)c(F)c([B-](c2c(F)c(F)c(F)c(F)c2F)(c2c(F)c(F)c(F)c(F)c2F)c2c(F)c(F)c(F)c(F)c2F)c(F)c1F.[Pd+2]. The van der Waals surface area contributed by atoms with Crippen LogP contribution in [0.5, 0.6) is 0 Å². The first kappa shape index (κ1) is 90.9. The van der Waals surface area contributed by atoms with Crippen LogP contribution in [0.1, 0.15) is 255 Å². The van der Waals surface area contributed by atoms with E-state index in [0.29, 0.717) is 10.3 Å². The van der Waals surface area contributed by atoms with Crippen LogP contribution >= 0.6 is 14.5 Å². The van der Waals surface area contributed by atoms with E-state index in [4.69, 9.17) is 25.1 Å². The maximum atomic E-state index is 15.4. The minimum Gasteiger partial charge on any atom is -0.550 e. The van der Waals surface area contributed by atoms with E-state index >= 15 is 35.1 Å². The largest absolute Gasteiger partial charge is 2.00 e. The summed E-state index contributed by atoms with van der Waals surface area (Å²) in [4.78, 5) is 17.8. The number of carbonyl (C=O) groups is 2. The van der Waals surface area contributed by atoms with Gasteiger partial charge in [0.2, 0.25) is 0 Å². The van der Waals surface area contributed by atoms with Crippen molar-refractivity contribution in [2.45, 2.75) is 299 Å². The summed E-state index contributed by atoms with van der Waals surface area (Å²) in [7, 11) is -1.81. The molecule has 103 heavy (non-hydrogen) atoms. The average molecular weight is 1620 g/mol. The molecule has 580 valence electrons. The van der Waals surface area contributed by atoms with Crippen LogP contribution in [0.3, 0.4) is 0 Å². The Bertz CT molecular complexity index is 3010. The Kier molecular flexibility index (Phi) is 34.4. The normalized spacial score (nSPS) is 18.0. The molecule has 6 saturated carbocycles. The zero-order chi connectivity index (χ0) is 76.9.